The first kappa shape index (κ1) is 22.6. The lowest BCUT2D eigenvalue weighted by Crippen LogP contribution is -2.57. The van der Waals surface area contributed by atoms with Crippen LogP contribution >= 0.6 is 35.7 Å². The molecule has 0 bridgehead atoms. The highest BCUT2D eigenvalue weighted by molar-refractivity contribution is 14.0. The summed E-state index contributed by atoms with van der Waals surface area (Å²) in [7, 11) is -3.03. The van der Waals surface area contributed by atoms with E-state index in [2.05, 4.69) is 27.3 Å². The quantitative estimate of drug-likeness (QED) is 0.223. The van der Waals surface area contributed by atoms with Gasteiger partial charge in [-0.25, -0.2) is 8.42 Å². The van der Waals surface area contributed by atoms with Crippen molar-refractivity contribution in [1.82, 2.24) is 10.2 Å². The van der Waals surface area contributed by atoms with Gasteiger partial charge < -0.3 is 10.2 Å². The fourth-order valence-corrected chi connectivity index (χ4v) is 4.72. The summed E-state index contributed by atoms with van der Waals surface area (Å²) >= 11 is 1.78. The predicted octanol–water partition coefficient (Wildman–Crippen LogP) is 2.87. The van der Waals surface area contributed by atoms with Crippen molar-refractivity contribution in [3.63, 3.8) is 0 Å². The largest absolute Gasteiger partial charge is 0.357 e. The van der Waals surface area contributed by atoms with Crippen LogP contribution in [-0.4, -0.2) is 61.7 Å². The summed E-state index contributed by atoms with van der Waals surface area (Å²) in [6.07, 6.45) is 0. The molecule has 0 saturated carbocycles. The van der Waals surface area contributed by atoms with Gasteiger partial charge in [0.15, 0.2) is 15.8 Å². The van der Waals surface area contributed by atoms with Crippen LogP contribution in [0.25, 0.3) is 0 Å². The van der Waals surface area contributed by atoms with Gasteiger partial charge in [0.2, 0.25) is 0 Å². The predicted molar refractivity (Wildman–Crippen MR) is 118 cm³/mol. The zero-order valence-electron chi connectivity index (χ0n) is 15.1. The van der Waals surface area contributed by atoms with E-state index in [0.29, 0.717) is 19.6 Å². The molecule has 0 spiro atoms. The Labute approximate surface area is 173 Å². The normalized spacial score (nSPS) is 19.2. The van der Waals surface area contributed by atoms with Crippen LogP contribution < -0.4 is 5.32 Å². The van der Waals surface area contributed by atoms with Crippen LogP contribution in [0.2, 0.25) is 0 Å². The molecular formula is C17H28IN3O2S2. The molecule has 1 heterocycles. The van der Waals surface area contributed by atoms with Crippen molar-refractivity contribution >= 4 is 51.5 Å². The van der Waals surface area contributed by atoms with Crippen LogP contribution in [0, 0.1) is 0 Å². The fraction of sp³-hybridized carbons (Fsp3) is 0.588. The van der Waals surface area contributed by atoms with Gasteiger partial charge in [0.05, 0.1) is 17.0 Å². The monoisotopic (exact) mass is 497 g/mol. The topological polar surface area (TPSA) is 61.8 Å². The first-order valence-electron chi connectivity index (χ1n) is 8.29. The molecular weight excluding hydrogens is 469 g/mol. The molecule has 1 N–H and O–H groups in total. The standard InChI is InChI=1S/C17H27N3O2S2.HI/c1-4-18-16(19-10-12-23-15-8-6-5-7-9-15)20-11-13-24(21,22)17(2,3)14-20;/h5-9H,4,10-14H2,1-3H3,(H,18,19);1H. The van der Waals surface area contributed by atoms with Crippen molar-refractivity contribution in [3.05, 3.63) is 30.3 Å². The molecule has 5 nitrogen and oxygen atoms in total. The number of sulfone groups is 1. The smallest absolute Gasteiger partial charge is 0.194 e. The van der Waals surface area contributed by atoms with Gasteiger partial charge in [-0.15, -0.1) is 35.7 Å². The number of hydrogen-bond acceptors (Lipinski definition) is 4. The van der Waals surface area contributed by atoms with Crippen LogP contribution in [0.15, 0.2) is 40.2 Å². The molecule has 0 radical (unpaired) electrons. The van der Waals surface area contributed by atoms with Gasteiger partial charge in [0.1, 0.15) is 0 Å². The second-order valence-electron chi connectivity index (χ2n) is 6.40. The molecule has 1 aromatic rings. The number of aliphatic imine (C=N–C) groups is 1. The molecule has 0 amide bonds. The van der Waals surface area contributed by atoms with Crippen molar-refractivity contribution < 1.29 is 8.42 Å². The Balaban J connectivity index is 0.00000312. The fourth-order valence-electron chi connectivity index (χ4n) is 2.58. The van der Waals surface area contributed by atoms with Crippen LogP contribution in [0.4, 0.5) is 0 Å². The summed E-state index contributed by atoms with van der Waals surface area (Å²) in [4.78, 5) is 7.99. The van der Waals surface area contributed by atoms with E-state index in [0.717, 1.165) is 18.3 Å². The SMILES string of the molecule is CCNC(=NCCSc1ccccc1)N1CCS(=O)(=O)C(C)(C)C1.I. The number of thioether (sulfide) groups is 1. The van der Waals surface area contributed by atoms with E-state index in [1.165, 1.54) is 4.90 Å². The van der Waals surface area contributed by atoms with E-state index in [1.54, 1.807) is 25.6 Å². The maximum atomic E-state index is 12.2. The summed E-state index contributed by atoms with van der Waals surface area (Å²) in [5, 5.41) is 3.29. The minimum absolute atomic E-state index is 0. The Morgan fingerprint density at radius 1 is 1.32 bits per heavy atom. The van der Waals surface area contributed by atoms with Gasteiger partial charge in [-0.05, 0) is 32.9 Å². The third-order valence-corrected chi connectivity index (χ3v) is 7.57. The lowest BCUT2D eigenvalue weighted by molar-refractivity contribution is 0.353. The molecule has 0 atom stereocenters. The number of rotatable bonds is 5. The van der Waals surface area contributed by atoms with Crippen LogP contribution in [0.5, 0.6) is 0 Å². The first-order valence-corrected chi connectivity index (χ1v) is 10.9. The summed E-state index contributed by atoms with van der Waals surface area (Å²) in [6.45, 7) is 8.07. The van der Waals surface area contributed by atoms with Crippen molar-refractivity contribution in [2.75, 3.05) is 37.7 Å². The van der Waals surface area contributed by atoms with E-state index in [9.17, 15) is 8.42 Å². The number of benzene rings is 1. The Morgan fingerprint density at radius 2 is 2.00 bits per heavy atom. The van der Waals surface area contributed by atoms with E-state index in [4.69, 9.17) is 0 Å². The number of guanidine groups is 1. The average Bonchev–Trinajstić information content (AvgIpc) is 2.54. The molecule has 1 fully saturated rings. The third kappa shape index (κ3) is 6.32. The molecule has 25 heavy (non-hydrogen) atoms. The minimum Gasteiger partial charge on any atom is -0.357 e. The van der Waals surface area contributed by atoms with Crippen LogP contribution in [-0.2, 0) is 9.84 Å². The van der Waals surface area contributed by atoms with Gasteiger partial charge in [-0.3, -0.25) is 4.99 Å². The summed E-state index contributed by atoms with van der Waals surface area (Å²) in [5.41, 5.74) is 0. The lowest BCUT2D eigenvalue weighted by atomic mass is 10.2. The second-order valence-corrected chi connectivity index (χ2v) is 10.3. The summed E-state index contributed by atoms with van der Waals surface area (Å²) < 4.78 is 23.6. The highest BCUT2D eigenvalue weighted by Crippen LogP contribution is 2.23. The highest BCUT2D eigenvalue weighted by Gasteiger charge is 2.40. The average molecular weight is 497 g/mol. The van der Waals surface area contributed by atoms with Crippen molar-refractivity contribution in [2.45, 2.75) is 30.4 Å². The van der Waals surface area contributed by atoms with Crippen LogP contribution in [0.1, 0.15) is 20.8 Å². The van der Waals surface area contributed by atoms with Gasteiger partial charge >= 0.3 is 0 Å². The van der Waals surface area contributed by atoms with Gasteiger partial charge in [0.25, 0.3) is 0 Å². The molecule has 1 aliphatic heterocycles. The Bertz CT molecular complexity index is 664. The zero-order valence-corrected chi connectivity index (χ0v) is 19.0. The van der Waals surface area contributed by atoms with Gasteiger partial charge in [-0.2, -0.15) is 0 Å². The van der Waals surface area contributed by atoms with Crippen LogP contribution in [0.3, 0.4) is 0 Å². The van der Waals surface area contributed by atoms with Crippen molar-refractivity contribution in [3.8, 4) is 0 Å². The summed E-state index contributed by atoms with van der Waals surface area (Å²) in [5.74, 6) is 1.89. The number of hydrogen-bond donors (Lipinski definition) is 1. The molecule has 1 aliphatic rings. The second kappa shape index (κ2) is 10.0. The Kier molecular flexibility index (Phi) is 9.03. The summed E-state index contributed by atoms with van der Waals surface area (Å²) in [6, 6.07) is 10.3. The van der Waals surface area contributed by atoms with Crippen molar-refractivity contribution in [2.24, 2.45) is 4.99 Å². The van der Waals surface area contributed by atoms with E-state index in [-0.39, 0.29) is 29.7 Å². The van der Waals surface area contributed by atoms with Gasteiger partial charge in [-0.1, -0.05) is 18.2 Å². The molecule has 0 aliphatic carbocycles. The Morgan fingerprint density at radius 3 is 2.60 bits per heavy atom. The third-order valence-electron chi connectivity index (χ3n) is 4.04. The molecule has 1 saturated heterocycles. The molecule has 0 unspecified atom stereocenters. The van der Waals surface area contributed by atoms with E-state index < -0.39 is 14.6 Å². The maximum absolute atomic E-state index is 12.2. The number of nitrogens with zero attached hydrogens (tertiary/aromatic N) is 2. The lowest BCUT2D eigenvalue weighted by Gasteiger charge is -2.39. The molecule has 1 aromatic carbocycles. The molecule has 142 valence electrons. The number of halogens is 1. The number of nitrogens with one attached hydrogen (secondary N) is 1. The molecule has 2 rings (SSSR count). The van der Waals surface area contributed by atoms with E-state index >= 15 is 0 Å². The highest BCUT2D eigenvalue weighted by atomic mass is 127. The maximum Gasteiger partial charge on any atom is 0.194 e. The minimum atomic E-state index is -3.03. The van der Waals surface area contributed by atoms with Crippen molar-refractivity contribution in [1.29, 1.82) is 0 Å². The molecule has 8 heteroatoms. The molecule has 0 aromatic heterocycles. The Hall–Kier alpha value is -0.480. The van der Waals surface area contributed by atoms with Gasteiger partial charge in [0, 0.05) is 30.3 Å². The van der Waals surface area contributed by atoms with E-state index in [1.807, 2.05) is 25.1 Å². The zero-order chi connectivity index (χ0) is 17.6. The first-order chi connectivity index (χ1) is 11.4.